The molecular weight excluding hydrogens is 310 g/mol. The number of hydrogen-bond acceptors (Lipinski definition) is 2. The lowest BCUT2D eigenvalue weighted by Gasteiger charge is -2.32. The number of piperidine rings is 1. The molecule has 1 aromatic carbocycles. The Labute approximate surface area is 135 Å². The molecule has 1 N–H and O–H groups in total. The minimum Gasteiger partial charge on any atom is -0.339 e. The van der Waals surface area contributed by atoms with Gasteiger partial charge in [-0.2, -0.15) is 0 Å². The molecular formula is C16H21ClF2N2O. The van der Waals surface area contributed by atoms with Crippen molar-refractivity contribution in [2.45, 2.75) is 31.7 Å². The van der Waals surface area contributed by atoms with Gasteiger partial charge in [-0.25, -0.2) is 8.78 Å². The predicted octanol–water partition coefficient (Wildman–Crippen LogP) is 2.99. The molecule has 0 spiro atoms. The van der Waals surface area contributed by atoms with Crippen molar-refractivity contribution in [1.82, 2.24) is 10.2 Å². The van der Waals surface area contributed by atoms with Gasteiger partial charge < -0.3 is 10.2 Å². The zero-order valence-corrected chi connectivity index (χ0v) is 13.2. The molecule has 1 amide bonds. The fourth-order valence-corrected chi connectivity index (χ4v) is 2.80. The monoisotopic (exact) mass is 330 g/mol. The van der Waals surface area contributed by atoms with Crippen LogP contribution in [0.2, 0.25) is 0 Å². The number of nitrogens with zero attached hydrogens (tertiary/aromatic N) is 1. The molecule has 1 heterocycles. The summed E-state index contributed by atoms with van der Waals surface area (Å²) in [6.45, 7) is 2.35. The maximum Gasteiger partial charge on any atom is 0.254 e. The summed E-state index contributed by atoms with van der Waals surface area (Å²) in [5.41, 5.74) is 0.0943. The van der Waals surface area contributed by atoms with Crippen molar-refractivity contribution in [2.75, 3.05) is 19.6 Å². The van der Waals surface area contributed by atoms with E-state index in [1.165, 1.54) is 12.8 Å². The Balaban J connectivity index is 0.00000176. The van der Waals surface area contributed by atoms with Crippen molar-refractivity contribution in [2.24, 2.45) is 5.92 Å². The van der Waals surface area contributed by atoms with Crippen LogP contribution < -0.4 is 5.32 Å². The van der Waals surface area contributed by atoms with Crippen LogP contribution in [0.1, 0.15) is 36.0 Å². The number of carbonyl (C=O) groups is 1. The largest absolute Gasteiger partial charge is 0.339 e. The van der Waals surface area contributed by atoms with Crippen LogP contribution in [0.3, 0.4) is 0 Å². The van der Waals surface area contributed by atoms with Crippen LogP contribution in [-0.4, -0.2) is 36.5 Å². The van der Waals surface area contributed by atoms with Gasteiger partial charge in [0.15, 0.2) is 0 Å². The summed E-state index contributed by atoms with van der Waals surface area (Å²) < 4.78 is 26.4. The molecule has 0 radical (unpaired) electrons. The smallest absolute Gasteiger partial charge is 0.254 e. The van der Waals surface area contributed by atoms with Gasteiger partial charge in [0.25, 0.3) is 5.91 Å². The third kappa shape index (κ3) is 4.40. The van der Waals surface area contributed by atoms with Gasteiger partial charge in [0, 0.05) is 30.8 Å². The third-order valence-electron chi connectivity index (χ3n) is 4.28. The van der Waals surface area contributed by atoms with Crippen molar-refractivity contribution in [3.05, 3.63) is 35.4 Å². The Morgan fingerprint density at radius 3 is 2.23 bits per heavy atom. The lowest BCUT2D eigenvalue weighted by atomic mass is 10.0. The average Bonchev–Trinajstić information content (AvgIpc) is 3.28. The van der Waals surface area contributed by atoms with Gasteiger partial charge in [-0.3, -0.25) is 4.79 Å². The molecule has 0 aromatic heterocycles. The molecule has 0 bridgehead atoms. The van der Waals surface area contributed by atoms with Gasteiger partial charge in [-0.1, -0.05) is 0 Å². The summed E-state index contributed by atoms with van der Waals surface area (Å²) in [7, 11) is 0. The van der Waals surface area contributed by atoms with Crippen molar-refractivity contribution >= 4 is 18.3 Å². The van der Waals surface area contributed by atoms with E-state index in [2.05, 4.69) is 5.32 Å². The summed E-state index contributed by atoms with van der Waals surface area (Å²) in [4.78, 5) is 13.9. The molecule has 1 saturated heterocycles. The highest BCUT2D eigenvalue weighted by atomic mass is 35.5. The molecule has 3 nitrogen and oxygen atoms in total. The first-order valence-electron chi connectivity index (χ1n) is 7.60. The van der Waals surface area contributed by atoms with Crippen molar-refractivity contribution in [1.29, 1.82) is 0 Å². The van der Waals surface area contributed by atoms with E-state index in [1.807, 2.05) is 0 Å². The third-order valence-corrected chi connectivity index (χ3v) is 4.28. The zero-order valence-electron chi connectivity index (χ0n) is 12.4. The molecule has 3 rings (SSSR count). The number of carbonyl (C=O) groups excluding carboxylic acids is 1. The first kappa shape index (κ1) is 17.2. The Morgan fingerprint density at radius 1 is 1.09 bits per heavy atom. The molecule has 1 aromatic rings. The first-order valence-corrected chi connectivity index (χ1v) is 7.60. The maximum absolute atomic E-state index is 13.2. The normalized spacial score (nSPS) is 18.9. The van der Waals surface area contributed by atoms with Gasteiger partial charge in [-0.15, -0.1) is 12.4 Å². The second-order valence-corrected chi connectivity index (χ2v) is 6.08. The van der Waals surface area contributed by atoms with Crippen LogP contribution in [0, 0.1) is 17.6 Å². The van der Waals surface area contributed by atoms with E-state index in [-0.39, 0.29) is 23.9 Å². The number of hydrogen-bond donors (Lipinski definition) is 1. The minimum absolute atomic E-state index is 0. The first-order chi connectivity index (χ1) is 10.1. The van der Waals surface area contributed by atoms with E-state index < -0.39 is 11.6 Å². The van der Waals surface area contributed by atoms with Gasteiger partial charge in [0.1, 0.15) is 11.6 Å². The standard InChI is InChI=1S/C16H20F2N2O.ClH/c17-13-7-12(8-14(18)9-13)16(21)20-5-3-15(4-6-20)19-10-11-1-2-11;/h7-9,11,15,19H,1-6,10H2;1H. The number of amides is 1. The highest BCUT2D eigenvalue weighted by Gasteiger charge is 2.26. The summed E-state index contributed by atoms with van der Waals surface area (Å²) in [6, 6.07) is 3.44. The van der Waals surface area contributed by atoms with E-state index in [0.717, 1.165) is 43.5 Å². The number of benzene rings is 1. The second kappa shape index (κ2) is 7.38. The van der Waals surface area contributed by atoms with Crippen LogP contribution in [0.25, 0.3) is 0 Å². The van der Waals surface area contributed by atoms with E-state index in [4.69, 9.17) is 0 Å². The van der Waals surface area contributed by atoms with E-state index >= 15 is 0 Å². The highest BCUT2D eigenvalue weighted by molar-refractivity contribution is 5.94. The Hall–Kier alpha value is -1.20. The Bertz CT molecular complexity index is 509. The molecule has 2 aliphatic rings. The van der Waals surface area contributed by atoms with Crippen molar-refractivity contribution < 1.29 is 13.6 Å². The van der Waals surface area contributed by atoms with Crippen LogP contribution in [0.4, 0.5) is 8.78 Å². The molecule has 0 atom stereocenters. The molecule has 1 aliphatic carbocycles. The fraction of sp³-hybridized carbons (Fsp3) is 0.562. The van der Waals surface area contributed by atoms with Gasteiger partial charge in [0.05, 0.1) is 0 Å². The summed E-state index contributed by atoms with van der Waals surface area (Å²) in [5, 5.41) is 3.54. The Morgan fingerprint density at radius 2 is 1.68 bits per heavy atom. The van der Waals surface area contributed by atoms with Crippen LogP contribution >= 0.6 is 12.4 Å². The molecule has 1 aliphatic heterocycles. The van der Waals surface area contributed by atoms with Gasteiger partial charge in [0.2, 0.25) is 0 Å². The average molecular weight is 331 g/mol. The highest BCUT2D eigenvalue weighted by Crippen LogP contribution is 2.28. The number of halogens is 3. The topological polar surface area (TPSA) is 32.3 Å². The molecule has 122 valence electrons. The number of rotatable bonds is 4. The van der Waals surface area contributed by atoms with Crippen LogP contribution in [0.5, 0.6) is 0 Å². The quantitative estimate of drug-likeness (QED) is 0.920. The van der Waals surface area contributed by atoms with E-state index in [1.54, 1.807) is 4.90 Å². The van der Waals surface area contributed by atoms with Crippen molar-refractivity contribution in [3.8, 4) is 0 Å². The zero-order chi connectivity index (χ0) is 14.8. The van der Waals surface area contributed by atoms with E-state index in [9.17, 15) is 13.6 Å². The minimum atomic E-state index is -0.709. The summed E-state index contributed by atoms with van der Waals surface area (Å²) in [6.07, 6.45) is 4.46. The lowest BCUT2D eigenvalue weighted by molar-refractivity contribution is 0.0704. The molecule has 1 saturated carbocycles. The number of likely N-dealkylation sites (tertiary alicyclic amines) is 1. The molecule has 22 heavy (non-hydrogen) atoms. The molecule has 6 heteroatoms. The molecule has 2 fully saturated rings. The van der Waals surface area contributed by atoms with Gasteiger partial charge in [-0.05, 0) is 50.3 Å². The summed E-state index contributed by atoms with van der Waals surface area (Å²) >= 11 is 0. The molecule has 0 unspecified atom stereocenters. The van der Waals surface area contributed by atoms with Crippen molar-refractivity contribution in [3.63, 3.8) is 0 Å². The summed E-state index contributed by atoms with van der Waals surface area (Å²) in [5.74, 6) is -0.854. The second-order valence-electron chi connectivity index (χ2n) is 6.08. The van der Waals surface area contributed by atoms with Crippen LogP contribution in [-0.2, 0) is 0 Å². The Kier molecular flexibility index (Phi) is 5.75. The number of nitrogens with one attached hydrogen (secondary N) is 1. The van der Waals surface area contributed by atoms with Gasteiger partial charge >= 0.3 is 0 Å². The van der Waals surface area contributed by atoms with E-state index in [0.29, 0.717) is 19.1 Å². The SMILES string of the molecule is Cl.O=C(c1cc(F)cc(F)c1)N1CCC(NCC2CC2)CC1. The maximum atomic E-state index is 13.2. The lowest BCUT2D eigenvalue weighted by Crippen LogP contribution is -2.45. The van der Waals surface area contributed by atoms with Crippen LogP contribution in [0.15, 0.2) is 18.2 Å². The predicted molar refractivity (Wildman–Crippen MR) is 83.3 cm³/mol. The fourth-order valence-electron chi connectivity index (χ4n) is 2.80.